The highest BCUT2D eigenvalue weighted by atomic mass is 16.5. The zero-order valence-electron chi connectivity index (χ0n) is 12.0. The maximum absolute atomic E-state index is 11.4. The maximum Gasteiger partial charge on any atom is 0.123 e. The van der Waals surface area contributed by atoms with Gasteiger partial charge in [-0.1, -0.05) is 12.1 Å². The molecule has 0 aliphatic heterocycles. The Morgan fingerprint density at radius 2 is 1.75 bits per heavy atom. The van der Waals surface area contributed by atoms with Gasteiger partial charge in [-0.25, -0.2) is 0 Å². The minimum Gasteiger partial charge on any atom is -0.497 e. The van der Waals surface area contributed by atoms with Crippen molar-refractivity contribution in [3.8, 4) is 5.75 Å². The summed E-state index contributed by atoms with van der Waals surface area (Å²) in [6, 6.07) is 8.68. The third-order valence-electron chi connectivity index (χ3n) is 6.21. The van der Waals surface area contributed by atoms with E-state index in [1.54, 1.807) is 7.11 Å². The molecule has 4 saturated carbocycles. The van der Waals surface area contributed by atoms with Crippen molar-refractivity contribution in [2.75, 3.05) is 7.11 Å². The molecule has 1 aromatic carbocycles. The zero-order valence-corrected chi connectivity index (χ0v) is 12.0. The summed E-state index contributed by atoms with van der Waals surface area (Å²) in [5.74, 6) is 3.41. The molecule has 0 amide bonds. The van der Waals surface area contributed by atoms with Gasteiger partial charge >= 0.3 is 0 Å². The molecule has 2 atom stereocenters. The smallest absolute Gasteiger partial charge is 0.123 e. The van der Waals surface area contributed by atoms with Crippen LogP contribution < -0.4 is 4.74 Å². The molecule has 4 aliphatic rings. The number of rotatable bonds is 3. The second-order valence-electron chi connectivity index (χ2n) is 7.19. The summed E-state index contributed by atoms with van der Waals surface area (Å²) in [5, 5.41) is 0. The van der Waals surface area contributed by atoms with Crippen LogP contribution in [0.1, 0.15) is 37.7 Å². The standard InChI is InChI=1S/C18H22O2/c1-20-16-4-2-15(3-5-16)18-8-12-6-13(9-18)17(11-19)14(7-12)10-18/h2-5,11-14,17H,6-10H2,1H3. The highest BCUT2D eigenvalue weighted by molar-refractivity contribution is 5.56. The summed E-state index contributed by atoms with van der Waals surface area (Å²) in [6.07, 6.45) is 7.60. The van der Waals surface area contributed by atoms with Crippen molar-refractivity contribution in [3.05, 3.63) is 29.8 Å². The van der Waals surface area contributed by atoms with Crippen LogP contribution in [0.15, 0.2) is 24.3 Å². The molecule has 0 aromatic heterocycles. The quantitative estimate of drug-likeness (QED) is 0.785. The molecule has 0 spiro atoms. The molecule has 0 heterocycles. The number of aldehydes is 1. The molecule has 0 saturated heterocycles. The Morgan fingerprint density at radius 1 is 1.10 bits per heavy atom. The van der Waals surface area contributed by atoms with Crippen molar-refractivity contribution in [1.82, 2.24) is 0 Å². The molecule has 2 nitrogen and oxygen atoms in total. The topological polar surface area (TPSA) is 26.3 Å². The van der Waals surface area contributed by atoms with Gasteiger partial charge in [0.25, 0.3) is 0 Å². The Labute approximate surface area is 120 Å². The SMILES string of the molecule is COc1ccc(C23CC4CC(C2)C(C=O)C(C4)C3)cc1. The van der Waals surface area contributed by atoms with Crippen molar-refractivity contribution in [2.24, 2.45) is 23.7 Å². The number of methoxy groups -OCH3 is 1. The molecule has 106 valence electrons. The van der Waals surface area contributed by atoms with E-state index in [1.807, 2.05) is 0 Å². The molecule has 4 aliphatic carbocycles. The van der Waals surface area contributed by atoms with Gasteiger partial charge in [0.05, 0.1) is 7.11 Å². The second kappa shape index (κ2) is 4.34. The fourth-order valence-electron chi connectivity index (χ4n) is 5.58. The normalized spacial score (nSPS) is 41.6. The third-order valence-corrected chi connectivity index (χ3v) is 6.21. The fraction of sp³-hybridized carbons (Fsp3) is 0.611. The van der Waals surface area contributed by atoms with Crippen molar-refractivity contribution >= 4 is 6.29 Å². The van der Waals surface area contributed by atoms with Gasteiger partial charge in [0.1, 0.15) is 12.0 Å². The Kier molecular flexibility index (Phi) is 2.70. The average Bonchev–Trinajstić information content (AvgIpc) is 2.47. The summed E-state index contributed by atoms with van der Waals surface area (Å²) in [5.41, 5.74) is 1.82. The monoisotopic (exact) mass is 270 g/mol. The van der Waals surface area contributed by atoms with Crippen LogP contribution in [0, 0.1) is 23.7 Å². The van der Waals surface area contributed by atoms with Gasteiger partial charge in [0.2, 0.25) is 0 Å². The molecule has 1 aromatic rings. The number of hydrogen-bond acceptors (Lipinski definition) is 2. The van der Waals surface area contributed by atoms with E-state index in [0.717, 1.165) is 11.7 Å². The average molecular weight is 270 g/mol. The molecule has 2 unspecified atom stereocenters. The second-order valence-corrected chi connectivity index (χ2v) is 7.19. The van der Waals surface area contributed by atoms with Crippen molar-refractivity contribution in [1.29, 1.82) is 0 Å². The fourth-order valence-corrected chi connectivity index (χ4v) is 5.58. The molecule has 4 fully saturated rings. The van der Waals surface area contributed by atoms with Gasteiger partial charge < -0.3 is 9.53 Å². The van der Waals surface area contributed by atoms with Gasteiger partial charge in [0.15, 0.2) is 0 Å². The zero-order chi connectivity index (χ0) is 13.7. The Balaban J connectivity index is 1.69. The van der Waals surface area contributed by atoms with Crippen LogP contribution in [0.4, 0.5) is 0 Å². The summed E-state index contributed by atoms with van der Waals surface area (Å²) in [7, 11) is 1.72. The lowest BCUT2D eigenvalue weighted by atomic mass is 9.45. The van der Waals surface area contributed by atoms with Crippen molar-refractivity contribution in [2.45, 2.75) is 37.5 Å². The van der Waals surface area contributed by atoms with Crippen molar-refractivity contribution < 1.29 is 9.53 Å². The van der Waals surface area contributed by atoms with Gasteiger partial charge in [-0.2, -0.15) is 0 Å². The first-order valence-electron chi connectivity index (χ1n) is 7.84. The summed E-state index contributed by atoms with van der Waals surface area (Å²) < 4.78 is 5.28. The molecule has 20 heavy (non-hydrogen) atoms. The predicted molar refractivity (Wildman–Crippen MR) is 77.8 cm³/mol. The Morgan fingerprint density at radius 3 is 2.30 bits per heavy atom. The van der Waals surface area contributed by atoms with Crippen molar-refractivity contribution in [3.63, 3.8) is 0 Å². The van der Waals surface area contributed by atoms with Gasteiger partial charge in [-0.05, 0) is 73.0 Å². The van der Waals surface area contributed by atoms with Crippen LogP contribution in [0.25, 0.3) is 0 Å². The van der Waals surface area contributed by atoms with Crippen LogP contribution in [-0.2, 0) is 10.2 Å². The van der Waals surface area contributed by atoms with E-state index in [1.165, 1.54) is 44.0 Å². The largest absolute Gasteiger partial charge is 0.497 e. The van der Waals surface area contributed by atoms with Crippen LogP contribution >= 0.6 is 0 Å². The molecule has 4 bridgehead atoms. The molecule has 5 rings (SSSR count). The predicted octanol–water partition coefficient (Wildman–Crippen LogP) is 3.59. The van der Waals surface area contributed by atoms with Gasteiger partial charge in [-0.15, -0.1) is 0 Å². The highest BCUT2D eigenvalue weighted by Gasteiger charge is 2.55. The van der Waals surface area contributed by atoms with E-state index in [-0.39, 0.29) is 0 Å². The van der Waals surface area contributed by atoms with E-state index < -0.39 is 0 Å². The lowest BCUT2D eigenvalue weighted by Gasteiger charge is -2.59. The first-order valence-corrected chi connectivity index (χ1v) is 7.84. The number of ether oxygens (including phenoxy) is 1. The maximum atomic E-state index is 11.4. The summed E-state index contributed by atoms with van der Waals surface area (Å²) in [6.45, 7) is 0. The Bertz CT molecular complexity index is 503. The minimum atomic E-state index is 0.345. The number of carbonyl (C=O) groups is 1. The molecule has 0 radical (unpaired) electrons. The number of carbonyl (C=O) groups excluding carboxylic acids is 1. The lowest BCUT2D eigenvalue weighted by Crippen LogP contribution is -2.53. The highest BCUT2D eigenvalue weighted by Crippen LogP contribution is 2.62. The first-order chi connectivity index (χ1) is 9.74. The number of benzene rings is 1. The minimum absolute atomic E-state index is 0.345. The summed E-state index contributed by atoms with van der Waals surface area (Å²) >= 11 is 0. The van der Waals surface area contributed by atoms with Crippen LogP contribution in [-0.4, -0.2) is 13.4 Å². The van der Waals surface area contributed by atoms with Crippen LogP contribution in [0.3, 0.4) is 0 Å². The molecular weight excluding hydrogens is 248 g/mol. The number of hydrogen-bond donors (Lipinski definition) is 0. The van der Waals surface area contributed by atoms with E-state index in [0.29, 0.717) is 23.2 Å². The Hall–Kier alpha value is -1.31. The van der Waals surface area contributed by atoms with Gasteiger partial charge in [0, 0.05) is 5.92 Å². The molecule has 0 N–H and O–H groups in total. The van der Waals surface area contributed by atoms with E-state index >= 15 is 0 Å². The van der Waals surface area contributed by atoms with E-state index in [4.69, 9.17) is 4.74 Å². The first kappa shape index (κ1) is 12.4. The van der Waals surface area contributed by atoms with Crippen LogP contribution in [0.5, 0.6) is 5.75 Å². The van der Waals surface area contributed by atoms with Crippen LogP contribution in [0.2, 0.25) is 0 Å². The third kappa shape index (κ3) is 1.66. The summed E-state index contributed by atoms with van der Waals surface area (Å²) in [4.78, 5) is 11.4. The molecular formula is C18H22O2. The van der Waals surface area contributed by atoms with Gasteiger partial charge in [-0.3, -0.25) is 0 Å². The van der Waals surface area contributed by atoms with E-state index in [9.17, 15) is 4.79 Å². The van der Waals surface area contributed by atoms with E-state index in [2.05, 4.69) is 24.3 Å². The molecule has 2 heteroatoms. The lowest BCUT2D eigenvalue weighted by molar-refractivity contribution is -0.125.